The number of non-ortho nitro benzene ring substituents is 1. The lowest BCUT2D eigenvalue weighted by atomic mass is 10.2. The van der Waals surface area contributed by atoms with Gasteiger partial charge in [0.2, 0.25) is 11.8 Å². The van der Waals surface area contributed by atoms with E-state index in [4.69, 9.17) is 11.6 Å². The van der Waals surface area contributed by atoms with Crippen molar-refractivity contribution in [2.24, 2.45) is 0 Å². The molecule has 9 heteroatoms. The number of rotatable bonds is 8. The van der Waals surface area contributed by atoms with E-state index in [0.717, 1.165) is 6.42 Å². The van der Waals surface area contributed by atoms with Crippen molar-refractivity contribution >= 4 is 34.8 Å². The molecule has 0 bridgehead atoms. The largest absolute Gasteiger partial charge is 0.348 e. The van der Waals surface area contributed by atoms with Crippen molar-refractivity contribution in [3.8, 4) is 0 Å². The predicted molar refractivity (Wildman–Crippen MR) is 92.2 cm³/mol. The molecule has 1 aromatic carbocycles. The molecule has 0 saturated carbocycles. The van der Waals surface area contributed by atoms with Crippen LogP contribution < -0.4 is 5.32 Å². The summed E-state index contributed by atoms with van der Waals surface area (Å²) in [5, 5.41) is 13.4. The first-order chi connectivity index (χ1) is 11.2. The van der Waals surface area contributed by atoms with Crippen LogP contribution >= 0.6 is 11.6 Å². The molecule has 8 nitrogen and oxygen atoms in total. The molecule has 132 valence electrons. The molecule has 0 aliphatic heterocycles. The average Bonchev–Trinajstić information content (AvgIpc) is 2.49. The second kappa shape index (κ2) is 9.19. The molecule has 0 spiro atoms. The number of nitro groups is 1. The van der Waals surface area contributed by atoms with Gasteiger partial charge in [-0.3, -0.25) is 24.6 Å². The van der Waals surface area contributed by atoms with Gasteiger partial charge in [0.15, 0.2) is 0 Å². The number of hydrogen-bond donors (Lipinski definition) is 1. The van der Waals surface area contributed by atoms with Crippen LogP contribution in [0.15, 0.2) is 18.2 Å². The van der Waals surface area contributed by atoms with Crippen LogP contribution in [0.4, 0.5) is 11.4 Å². The first-order valence-corrected chi connectivity index (χ1v) is 7.78. The van der Waals surface area contributed by atoms with Crippen LogP contribution in [0, 0.1) is 10.1 Å². The van der Waals surface area contributed by atoms with Crippen molar-refractivity contribution in [2.75, 3.05) is 39.0 Å². The predicted octanol–water partition coefficient (Wildman–Crippen LogP) is 1.99. The molecular formula is C15H21ClN4O4. The standard InChI is InChI=1S/C15H21ClN4O4/c1-4-7-19(10-15(22)18(2)3)9-14(21)17-13-6-5-11(20(23)24)8-12(13)16/h5-6,8H,4,7,9-10H2,1-3H3,(H,17,21). The maximum absolute atomic E-state index is 12.1. The molecule has 2 amide bonds. The zero-order valence-corrected chi connectivity index (χ0v) is 14.7. The summed E-state index contributed by atoms with van der Waals surface area (Å²) in [6, 6.07) is 3.82. The van der Waals surface area contributed by atoms with Gasteiger partial charge in [0.25, 0.3) is 5.69 Å². The molecule has 0 unspecified atom stereocenters. The van der Waals surface area contributed by atoms with Crippen LogP contribution in [0.25, 0.3) is 0 Å². The molecule has 0 radical (unpaired) electrons. The van der Waals surface area contributed by atoms with Crippen molar-refractivity contribution in [1.29, 1.82) is 0 Å². The quantitative estimate of drug-likeness (QED) is 0.567. The number of carbonyl (C=O) groups is 2. The van der Waals surface area contributed by atoms with E-state index in [2.05, 4.69) is 5.32 Å². The summed E-state index contributed by atoms with van der Waals surface area (Å²) in [6.45, 7) is 2.72. The van der Waals surface area contributed by atoms with Crippen molar-refractivity contribution in [2.45, 2.75) is 13.3 Å². The van der Waals surface area contributed by atoms with Gasteiger partial charge in [-0.25, -0.2) is 0 Å². The van der Waals surface area contributed by atoms with E-state index in [-0.39, 0.29) is 35.6 Å². The summed E-state index contributed by atoms with van der Waals surface area (Å²) in [4.78, 5) is 37.3. The first-order valence-electron chi connectivity index (χ1n) is 7.40. The summed E-state index contributed by atoms with van der Waals surface area (Å²) in [7, 11) is 3.31. The van der Waals surface area contributed by atoms with Gasteiger partial charge >= 0.3 is 0 Å². The van der Waals surface area contributed by atoms with Gasteiger partial charge in [-0.15, -0.1) is 0 Å². The number of anilines is 1. The van der Waals surface area contributed by atoms with Gasteiger partial charge in [-0.1, -0.05) is 18.5 Å². The highest BCUT2D eigenvalue weighted by Crippen LogP contribution is 2.26. The molecule has 0 aliphatic carbocycles. The van der Waals surface area contributed by atoms with Crippen molar-refractivity contribution in [3.63, 3.8) is 0 Å². The molecule has 0 atom stereocenters. The van der Waals surface area contributed by atoms with E-state index >= 15 is 0 Å². The second-order valence-electron chi connectivity index (χ2n) is 5.47. The summed E-state index contributed by atoms with van der Waals surface area (Å²) >= 11 is 5.95. The summed E-state index contributed by atoms with van der Waals surface area (Å²) in [5.41, 5.74) is 0.143. The molecule has 1 N–H and O–H groups in total. The molecule has 0 heterocycles. The van der Waals surface area contributed by atoms with Crippen LogP contribution in [0.2, 0.25) is 5.02 Å². The molecule has 0 aliphatic rings. The Kier molecular flexibility index (Phi) is 7.60. The molecule has 1 aromatic rings. The topological polar surface area (TPSA) is 95.8 Å². The average molecular weight is 357 g/mol. The van der Waals surface area contributed by atoms with E-state index in [1.165, 1.54) is 23.1 Å². The monoisotopic (exact) mass is 356 g/mol. The Bertz CT molecular complexity index is 621. The summed E-state index contributed by atoms with van der Waals surface area (Å²) < 4.78 is 0. The number of nitro benzene ring substituents is 1. The smallest absolute Gasteiger partial charge is 0.271 e. The number of halogens is 1. The Hall–Kier alpha value is -2.19. The summed E-state index contributed by atoms with van der Waals surface area (Å²) in [5.74, 6) is -0.435. The number of nitrogens with zero attached hydrogens (tertiary/aromatic N) is 3. The van der Waals surface area contributed by atoms with Gasteiger partial charge in [0, 0.05) is 26.2 Å². The van der Waals surface area contributed by atoms with E-state index in [1.54, 1.807) is 19.0 Å². The highest BCUT2D eigenvalue weighted by atomic mass is 35.5. The first kappa shape index (κ1) is 19.9. The Balaban J connectivity index is 2.72. The minimum atomic E-state index is -0.562. The summed E-state index contributed by atoms with van der Waals surface area (Å²) in [6.07, 6.45) is 0.798. The second-order valence-corrected chi connectivity index (χ2v) is 5.88. The van der Waals surface area contributed by atoms with Gasteiger partial charge in [0.1, 0.15) is 0 Å². The highest BCUT2D eigenvalue weighted by molar-refractivity contribution is 6.34. The molecule has 0 fully saturated rings. The van der Waals surface area contributed by atoms with Gasteiger partial charge < -0.3 is 10.2 Å². The number of carbonyl (C=O) groups excluding carboxylic acids is 2. The van der Waals surface area contributed by atoms with Crippen LogP contribution in [0.1, 0.15) is 13.3 Å². The Morgan fingerprint density at radius 3 is 2.46 bits per heavy atom. The third kappa shape index (κ3) is 6.13. The molecule has 1 rings (SSSR count). The number of nitrogens with one attached hydrogen (secondary N) is 1. The molecular weight excluding hydrogens is 336 g/mol. The third-order valence-electron chi connectivity index (χ3n) is 3.20. The maximum Gasteiger partial charge on any atom is 0.271 e. The van der Waals surface area contributed by atoms with E-state index < -0.39 is 4.92 Å². The molecule has 0 aromatic heterocycles. The van der Waals surface area contributed by atoms with Crippen LogP contribution in [-0.4, -0.2) is 60.3 Å². The number of benzene rings is 1. The third-order valence-corrected chi connectivity index (χ3v) is 3.52. The SMILES string of the molecule is CCCN(CC(=O)Nc1ccc([N+](=O)[O-])cc1Cl)CC(=O)N(C)C. The Labute approximate surface area is 145 Å². The van der Waals surface area contributed by atoms with Crippen LogP contribution in [0.5, 0.6) is 0 Å². The lowest BCUT2D eigenvalue weighted by molar-refractivity contribution is -0.384. The van der Waals surface area contributed by atoms with Crippen LogP contribution in [-0.2, 0) is 9.59 Å². The van der Waals surface area contributed by atoms with Crippen molar-refractivity contribution in [3.05, 3.63) is 33.3 Å². The normalized spacial score (nSPS) is 10.5. The Morgan fingerprint density at radius 1 is 1.29 bits per heavy atom. The molecule has 24 heavy (non-hydrogen) atoms. The zero-order valence-electron chi connectivity index (χ0n) is 13.9. The van der Waals surface area contributed by atoms with Gasteiger partial charge in [0.05, 0.1) is 28.7 Å². The van der Waals surface area contributed by atoms with Crippen LogP contribution in [0.3, 0.4) is 0 Å². The van der Waals surface area contributed by atoms with Crippen molar-refractivity contribution < 1.29 is 14.5 Å². The Morgan fingerprint density at radius 2 is 1.96 bits per heavy atom. The zero-order chi connectivity index (χ0) is 18.3. The van der Waals surface area contributed by atoms with Gasteiger partial charge in [-0.2, -0.15) is 0 Å². The lowest BCUT2D eigenvalue weighted by Crippen LogP contribution is -2.41. The molecule has 0 saturated heterocycles. The maximum atomic E-state index is 12.1. The number of amides is 2. The highest BCUT2D eigenvalue weighted by Gasteiger charge is 2.17. The fourth-order valence-corrected chi connectivity index (χ4v) is 2.20. The minimum Gasteiger partial charge on any atom is -0.348 e. The fraction of sp³-hybridized carbons (Fsp3) is 0.467. The van der Waals surface area contributed by atoms with E-state index in [9.17, 15) is 19.7 Å². The lowest BCUT2D eigenvalue weighted by Gasteiger charge is -2.22. The van der Waals surface area contributed by atoms with Crippen molar-refractivity contribution in [1.82, 2.24) is 9.80 Å². The minimum absolute atomic E-state index is 0.0285. The number of likely N-dealkylation sites (N-methyl/N-ethyl adjacent to an activating group) is 1. The van der Waals surface area contributed by atoms with E-state index in [1.807, 2.05) is 6.92 Å². The van der Waals surface area contributed by atoms with E-state index in [0.29, 0.717) is 12.2 Å². The van der Waals surface area contributed by atoms with Gasteiger partial charge in [-0.05, 0) is 19.0 Å². The fourth-order valence-electron chi connectivity index (χ4n) is 1.97. The number of hydrogen-bond acceptors (Lipinski definition) is 5.